The van der Waals surface area contributed by atoms with E-state index in [1.807, 2.05) is 17.5 Å². The van der Waals surface area contributed by atoms with Crippen LogP contribution in [0.5, 0.6) is 0 Å². The lowest BCUT2D eigenvalue weighted by Gasteiger charge is -2.05. The maximum Gasteiger partial charge on any atom is 0.0804 e. The maximum absolute atomic E-state index is 4.50. The van der Waals surface area contributed by atoms with E-state index in [2.05, 4.69) is 61.3 Å². The van der Waals surface area contributed by atoms with Crippen molar-refractivity contribution in [1.82, 2.24) is 4.98 Å². The Morgan fingerprint density at radius 3 is 2.67 bits per heavy atom. The second-order valence-electron chi connectivity index (χ2n) is 4.78. The molecule has 0 radical (unpaired) electrons. The zero-order valence-electron chi connectivity index (χ0n) is 10.6. The smallest absolute Gasteiger partial charge is 0.0804 e. The molecule has 3 aromatic rings. The molecule has 0 saturated carbocycles. The van der Waals surface area contributed by atoms with Gasteiger partial charge in [0.15, 0.2) is 0 Å². The molecule has 0 fully saturated rings. The molecule has 0 aliphatic carbocycles. The first-order valence-electron chi connectivity index (χ1n) is 6.19. The lowest BCUT2D eigenvalue weighted by Crippen LogP contribution is -1.89. The highest BCUT2D eigenvalue weighted by molar-refractivity contribution is 7.22. The molecule has 0 saturated heterocycles. The van der Waals surface area contributed by atoms with E-state index in [4.69, 9.17) is 0 Å². The number of hydrogen-bond acceptors (Lipinski definition) is 2. The molecule has 0 amide bonds. The molecule has 1 aromatic carbocycles. The summed E-state index contributed by atoms with van der Waals surface area (Å²) in [5, 5.41) is 1.30. The Morgan fingerprint density at radius 1 is 1.06 bits per heavy atom. The Hall–Kier alpha value is -1.67. The van der Waals surface area contributed by atoms with Gasteiger partial charge in [-0.3, -0.25) is 4.98 Å². The SMILES string of the molecule is CC(C)c1ccnc(-c2cc3ccccc3s2)c1. The average molecular weight is 253 g/mol. The second-order valence-corrected chi connectivity index (χ2v) is 5.86. The van der Waals surface area contributed by atoms with Crippen LogP contribution in [0.15, 0.2) is 48.7 Å². The van der Waals surface area contributed by atoms with E-state index in [1.165, 1.54) is 20.5 Å². The molecule has 18 heavy (non-hydrogen) atoms. The van der Waals surface area contributed by atoms with Crippen LogP contribution in [0.2, 0.25) is 0 Å². The Labute approximate surface area is 111 Å². The molecule has 0 aliphatic rings. The van der Waals surface area contributed by atoms with E-state index < -0.39 is 0 Å². The van der Waals surface area contributed by atoms with Crippen molar-refractivity contribution in [3.63, 3.8) is 0 Å². The van der Waals surface area contributed by atoms with Crippen LogP contribution in [-0.2, 0) is 0 Å². The molecule has 2 heteroatoms. The van der Waals surface area contributed by atoms with E-state index in [1.54, 1.807) is 0 Å². The van der Waals surface area contributed by atoms with Gasteiger partial charge in [-0.2, -0.15) is 0 Å². The van der Waals surface area contributed by atoms with E-state index in [-0.39, 0.29) is 0 Å². The third-order valence-corrected chi connectivity index (χ3v) is 4.27. The number of thiophene rings is 1. The second kappa shape index (κ2) is 4.54. The lowest BCUT2D eigenvalue weighted by molar-refractivity contribution is 0.864. The number of aromatic nitrogens is 1. The normalized spacial score (nSPS) is 11.3. The van der Waals surface area contributed by atoms with Crippen molar-refractivity contribution in [2.45, 2.75) is 19.8 Å². The highest BCUT2D eigenvalue weighted by Gasteiger charge is 2.07. The Bertz CT molecular complexity index is 649. The Balaban J connectivity index is 2.11. The minimum Gasteiger partial charge on any atom is -0.255 e. The van der Waals surface area contributed by atoms with Gasteiger partial charge in [-0.1, -0.05) is 32.0 Å². The predicted octanol–water partition coefficient (Wildman–Crippen LogP) is 5.09. The summed E-state index contributed by atoms with van der Waals surface area (Å²) in [6, 6.07) is 15.0. The van der Waals surface area contributed by atoms with E-state index in [0.717, 1.165) is 5.69 Å². The molecule has 0 bridgehead atoms. The number of fused-ring (bicyclic) bond motifs is 1. The monoisotopic (exact) mass is 253 g/mol. The van der Waals surface area contributed by atoms with Crippen molar-refractivity contribution in [3.8, 4) is 10.6 Å². The summed E-state index contributed by atoms with van der Waals surface area (Å²) in [6.45, 7) is 4.42. The molecule has 0 atom stereocenters. The maximum atomic E-state index is 4.50. The first-order valence-corrected chi connectivity index (χ1v) is 7.00. The van der Waals surface area contributed by atoms with Gasteiger partial charge < -0.3 is 0 Å². The van der Waals surface area contributed by atoms with Gasteiger partial charge in [-0.25, -0.2) is 0 Å². The van der Waals surface area contributed by atoms with Gasteiger partial charge >= 0.3 is 0 Å². The van der Waals surface area contributed by atoms with Crippen LogP contribution in [0.4, 0.5) is 0 Å². The Morgan fingerprint density at radius 2 is 1.89 bits per heavy atom. The fourth-order valence-electron chi connectivity index (χ4n) is 2.05. The van der Waals surface area contributed by atoms with E-state index in [0.29, 0.717) is 5.92 Å². The molecule has 0 spiro atoms. The van der Waals surface area contributed by atoms with Gasteiger partial charge in [0.05, 0.1) is 10.6 Å². The van der Waals surface area contributed by atoms with E-state index >= 15 is 0 Å². The van der Waals surface area contributed by atoms with Crippen LogP contribution in [0.3, 0.4) is 0 Å². The molecular weight excluding hydrogens is 238 g/mol. The molecule has 2 heterocycles. The first kappa shape index (κ1) is 11.4. The lowest BCUT2D eigenvalue weighted by atomic mass is 10.0. The third-order valence-electron chi connectivity index (χ3n) is 3.13. The molecule has 2 aromatic heterocycles. The van der Waals surface area contributed by atoms with Crippen LogP contribution < -0.4 is 0 Å². The summed E-state index contributed by atoms with van der Waals surface area (Å²) in [5.74, 6) is 0.543. The highest BCUT2D eigenvalue weighted by atomic mass is 32.1. The average Bonchev–Trinajstić information content (AvgIpc) is 2.82. The predicted molar refractivity (Wildman–Crippen MR) is 79.1 cm³/mol. The summed E-state index contributed by atoms with van der Waals surface area (Å²) in [5.41, 5.74) is 2.43. The molecule has 1 nitrogen and oxygen atoms in total. The van der Waals surface area contributed by atoms with Crippen molar-refractivity contribution in [2.75, 3.05) is 0 Å². The van der Waals surface area contributed by atoms with Crippen LogP contribution in [0, 0.1) is 0 Å². The van der Waals surface area contributed by atoms with Crippen LogP contribution >= 0.6 is 11.3 Å². The number of nitrogens with zero attached hydrogens (tertiary/aromatic N) is 1. The minimum atomic E-state index is 0.543. The Kier molecular flexibility index (Phi) is 2.88. The van der Waals surface area contributed by atoms with Gasteiger partial charge in [-0.15, -0.1) is 11.3 Å². The van der Waals surface area contributed by atoms with Gasteiger partial charge in [-0.05, 0) is 41.1 Å². The minimum absolute atomic E-state index is 0.543. The standard InChI is InChI=1S/C16H15NS/c1-11(2)12-7-8-17-14(9-12)16-10-13-5-3-4-6-15(13)18-16/h3-11H,1-2H3. The van der Waals surface area contributed by atoms with E-state index in [9.17, 15) is 0 Å². The summed E-state index contributed by atoms with van der Waals surface area (Å²) in [7, 11) is 0. The molecule has 0 aliphatic heterocycles. The van der Waals surface area contributed by atoms with Crippen LogP contribution in [-0.4, -0.2) is 4.98 Å². The molecule has 3 rings (SSSR count). The fraction of sp³-hybridized carbons (Fsp3) is 0.188. The van der Waals surface area contributed by atoms with Crippen molar-refractivity contribution in [2.24, 2.45) is 0 Å². The first-order chi connectivity index (χ1) is 8.74. The summed E-state index contributed by atoms with van der Waals surface area (Å²) in [4.78, 5) is 5.75. The zero-order valence-corrected chi connectivity index (χ0v) is 11.4. The zero-order chi connectivity index (χ0) is 12.5. The number of pyridine rings is 1. The molecule has 0 N–H and O–H groups in total. The van der Waals surface area contributed by atoms with Crippen molar-refractivity contribution in [3.05, 3.63) is 54.2 Å². The molecular formula is C16H15NS. The van der Waals surface area contributed by atoms with Gasteiger partial charge in [0.1, 0.15) is 0 Å². The number of rotatable bonds is 2. The summed E-state index contributed by atoms with van der Waals surface area (Å²) < 4.78 is 1.32. The van der Waals surface area contributed by atoms with Crippen molar-refractivity contribution < 1.29 is 0 Å². The molecule has 0 unspecified atom stereocenters. The topological polar surface area (TPSA) is 12.9 Å². The van der Waals surface area contributed by atoms with Gasteiger partial charge in [0.2, 0.25) is 0 Å². The number of hydrogen-bond donors (Lipinski definition) is 0. The fourth-order valence-corrected chi connectivity index (χ4v) is 3.08. The summed E-state index contributed by atoms with van der Waals surface area (Å²) >= 11 is 1.81. The van der Waals surface area contributed by atoms with Gasteiger partial charge in [0.25, 0.3) is 0 Å². The summed E-state index contributed by atoms with van der Waals surface area (Å²) in [6.07, 6.45) is 1.91. The number of benzene rings is 1. The van der Waals surface area contributed by atoms with Gasteiger partial charge in [0, 0.05) is 10.9 Å². The van der Waals surface area contributed by atoms with Crippen LogP contribution in [0.25, 0.3) is 20.7 Å². The van der Waals surface area contributed by atoms with Crippen molar-refractivity contribution in [1.29, 1.82) is 0 Å². The highest BCUT2D eigenvalue weighted by Crippen LogP contribution is 2.33. The van der Waals surface area contributed by atoms with Crippen LogP contribution in [0.1, 0.15) is 25.3 Å². The largest absolute Gasteiger partial charge is 0.255 e. The molecule has 90 valence electrons. The quantitative estimate of drug-likeness (QED) is 0.620. The van der Waals surface area contributed by atoms with Crippen molar-refractivity contribution >= 4 is 21.4 Å². The third kappa shape index (κ3) is 2.04.